The summed E-state index contributed by atoms with van der Waals surface area (Å²) in [4.78, 5) is 0. The summed E-state index contributed by atoms with van der Waals surface area (Å²) in [6.07, 6.45) is 7.16. The second kappa shape index (κ2) is 7.24. The van der Waals surface area contributed by atoms with E-state index in [2.05, 4.69) is 13.8 Å². The van der Waals surface area contributed by atoms with E-state index >= 15 is 0 Å². The standard InChI is InChI=1S/C13H26O2/c1-11(2)8-9-15-10-13(14)12-6-4-3-5-7-12/h11-14H,3-10H2,1-2H3. The monoisotopic (exact) mass is 214 g/mol. The maximum atomic E-state index is 9.91. The van der Waals surface area contributed by atoms with Crippen molar-refractivity contribution in [2.24, 2.45) is 11.8 Å². The fourth-order valence-electron chi connectivity index (χ4n) is 2.18. The zero-order valence-electron chi connectivity index (χ0n) is 10.2. The Morgan fingerprint density at radius 3 is 2.47 bits per heavy atom. The average molecular weight is 214 g/mol. The van der Waals surface area contributed by atoms with Crippen LogP contribution in [0.2, 0.25) is 0 Å². The first kappa shape index (κ1) is 13.0. The van der Waals surface area contributed by atoms with Gasteiger partial charge in [0, 0.05) is 6.61 Å². The zero-order valence-corrected chi connectivity index (χ0v) is 10.2. The van der Waals surface area contributed by atoms with E-state index in [0.29, 0.717) is 18.4 Å². The summed E-state index contributed by atoms with van der Waals surface area (Å²) >= 11 is 0. The second-order valence-electron chi connectivity index (χ2n) is 5.22. The minimum absolute atomic E-state index is 0.225. The summed E-state index contributed by atoms with van der Waals surface area (Å²) in [5, 5.41) is 9.91. The van der Waals surface area contributed by atoms with Gasteiger partial charge in [-0.25, -0.2) is 0 Å². The van der Waals surface area contributed by atoms with Crippen LogP contribution in [0.15, 0.2) is 0 Å². The molecule has 1 aliphatic carbocycles. The van der Waals surface area contributed by atoms with Gasteiger partial charge < -0.3 is 9.84 Å². The van der Waals surface area contributed by atoms with Crippen LogP contribution in [0.4, 0.5) is 0 Å². The molecule has 15 heavy (non-hydrogen) atoms. The topological polar surface area (TPSA) is 29.5 Å². The van der Waals surface area contributed by atoms with Gasteiger partial charge in [0.05, 0.1) is 12.7 Å². The van der Waals surface area contributed by atoms with Crippen LogP contribution < -0.4 is 0 Å². The fourth-order valence-corrected chi connectivity index (χ4v) is 2.18. The summed E-state index contributed by atoms with van der Waals surface area (Å²) in [5.41, 5.74) is 0. The number of aliphatic hydroxyl groups is 1. The lowest BCUT2D eigenvalue weighted by molar-refractivity contribution is -0.00728. The van der Waals surface area contributed by atoms with Gasteiger partial charge in [-0.1, -0.05) is 33.1 Å². The fraction of sp³-hybridized carbons (Fsp3) is 1.00. The average Bonchev–Trinajstić information content (AvgIpc) is 2.25. The first-order valence-electron chi connectivity index (χ1n) is 6.46. The molecule has 1 fully saturated rings. The first-order valence-corrected chi connectivity index (χ1v) is 6.46. The van der Waals surface area contributed by atoms with E-state index in [-0.39, 0.29) is 6.10 Å². The molecule has 0 saturated heterocycles. The van der Waals surface area contributed by atoms with Gasteiger partial charge in [-0.3, -0.25) is 0 Å². The molecule has 1 aliphatic rings. The highest BCUT2D eigenvalue weighted by molar-refractivity contribution is 4.72. The van der Waals surface area contributed by atoms with Crippen molar-refractivity contribution in [3.05, 3.63) is 0 Å². The molecule has 2 nitrogen and oxygen atoms in total. The van der Waals surface area contributed by atoms with Gasteiger partial charge in [-0.2, -0.15) is 0 Å². The van der Waals surface area contributed by atoms with Crippen molar-refractivity contribution < 1.29 is 9.84 Å². The van der Waals surface area contributed by atoms with E-state index < -0.39 is 0 Å². The third-order valence-electron chi connectivity index (χ3n) is 3.32. The highest BCUT2D eigenvalue weighted by atomic mass is 16.5. The Kier molecular flexibility index (Phi) is 6.26. The summed E-state index contributed by atoms with van der Waals surface area (Å²) < 4.78 is 5.51. The molecule has 1 rings (SSSR count). The molecule has 1 unspecified atom stereocenters. The van der Waals surface area contributed by atoms with Crippen LogP contribution in [0.1, 0.15) is 52.4 Å². The molecular weight excluding hydrogens is 188 g/mol. The van der Waals surface area contributed by atoms with E-state index in [1.54, 1.807) is 0 Å². The van der Waals surface area contributed by atoms with Crippen LogP contribution in [-0.2, 0) is 4.74 Å². The summed E-state index contributed by atoms with van der Waals surface area (Å²) in [5.74, 6) is 1.19. The normalized spacial score (nSPS) is 20.8. The third kappa shape index (κ3) is 5.53. The molecule has 1 N–H and O–H groups in total. The van der Waals surface area contributed by atoms with Gasteiger partial charge in [0.1, 0.15) is 0 Å². The second-order valence-corrected chi connectivity index (χ2v) is 5.22. The van der Waals surface area contributed by atoms with Crippen molar-refractivity contribution in [3.8, 4) is 0 Å². The minimum Gasteiger partial charge on any atom is -0.390 e. The number of hydrogen-bond donors (Lipinski definition) is 1. The molecule has 0 heterocycles. The highest BCUT2D eigenvalue weighted by Gasteiger charge is 2.21. The Labute approximate surface area is 94.0 Å². The molecule has 0 amide bonds. The first-order chi connectivity index (χ1) is 7.20. The Morgan fingerprint density at radius 2 is 1.87 bits per heavy atom. The van der Waals surface area contributed by atoms with Crippen LogP contribution in [-0.4, -0.2) is 24.4 Å². The quantitative estimate of drug-likeness (QED) is 0.689. The molecule has 1 atom stereocenters. The molecule has 1 saturated carbocycles. The number of hydrogen-bond acceptors (Lipinski definition) is 2. The van der Waals surface area contributed by atoms with Crippen LogP contribution >= 0.6 is 0 Å². The summed E-state index contributed by atoms with van der Waals surface area (Å²) in [6, 6.07) is 0. The Morgan fingerprint density at radius 1 is 1.20 bits per heavy atom. The molecule has 0 aromatic rings. The lowest BCUT2D eigenvalue weighted by Gasteiger charge is -2.26. The predicted molar refractivity (Wildman–Crippen MR) is 62.9 cm³/mol. The zero-order chi connectivity index (χ0) is 11.1. The van der Waals surface area contributed by atoms with Gasteiger partial charge in [-0.05, 0) is 31.1 Å². The van der Waals surface area contributed by atoms with Crippen molar-refractivity contribution in [1.29, 1.82) is 0 Å². The lowest BCUT2D eigenvalue weighted by Crippen LogP contribution is -2.27. The Bertz CT molecular complexity index is 151. The SMILES string of the molecule is CC(C)CCOCC(O)C1CCCCC1. The van der Waals surface area contributed by atoms with Crippen LogP contribution in [0.3, 0.4) is 0 Å². The van der Waals surface area contributed by atoms with Crippen molar-refractivity contribution in [2.45, 2.75) is 58.5 Å². The molecular formula is C13H26O2. The molecule has 0 bridgehead atoms. The van der Waals surface area contributed by atoms with E-state index in [1.807, 2.05) is 0 Å². The van der Waals surface area contributed by atoms with Gasteiger partial charge in [0.2, 0.25) is 0 Å². The molecule has 90 valence electrons. The predicted octanol–water partition coefficient (Wildman–Crippen LogP) is 2.99. The van der Waals surface area contributed by atoms with E-state index in [9.17, 15) is 5.11 Å². The van der Waals surface area contributed by atoms with Crippen molar-refractivity contribution in [2.75, 3.05) is 13.2 Å². The van der Waals surface area contributed by atoms with Crippen LogP contribution in [0.5, 0.6) is 0 Å². The molecule has 0 radical (unpaired) electrons. The maximum absolute atomic E-state index is 9.91. The van der Waals surface area contributed by atoms with Gasteiger partial charge in [0.25, 0.3) is 0 Å². The summed E-state index contributed by atoms with van der Waals surface area (Å²) in [7, 11) is 0. The maximum Gasteiger partial charge on any atom is 0.0801 e. The molecule has 0 spiro atoms. The molecule has 0 aromatic carbocycles. The van der Waals surface area contributed by atoms with E-state index in [4.69, 9.17) is 4.74 Å². The van der Waals surface area contributed by atoms with Crippen molar-refractivity contribution in [3.63, 3.8) is 0 Å². The Balaban J connectivity index is 2.04. The lowest BCUT2D eigenvalue weighted by atomic mass is 9.85. The molecule has 2 heteroatoms. The largest absolute Gasteiger partial charge is 0.390 e. The molecule has 0 aromatic heterocycles. The van der Waals surface area contributed by atoms with Crippen molar-refractivity contribution >= 4 is 0 Å². The van der Waals surface area contributed by atoms with E-state index in [1.165, 1.54) is 32.1 Å². The minimum atomic E-state index is -0.225. The van der Waals surface area contributed by atoms with Gasteiger partial charge in [-0.15, -0.1) is 0 Å². The summed E-state index contributed by atoms with van der Waals surface area (Å²) in [6.45, 7) is 5.72. The van der Waals surface area contributed by atoms with E-state index in [0.717, 1.165) is 13.0 Å². The Hall–Kier alpha value is -0.0800. The third-order valence-corrected chi connectivity index (χ3v) is 3.32. The number of ether oxygens (including phenoxy) is 1. The number of aliphatic hydroxyl groups excluding tert-OH is 1. The highest BCUT2D eigenvalue weighted by Crippen LogP contribution is 2.26. The smallest absolute Gasteiger partial charge is 0.0801 e. The van der Waals surface area contributed by atoms with Gasteiger partial charge >= 0.3 is 0 Å². The van der Waals surface area contributed by atoms with Gasteiger partial charge in [0.15, 0.2) is 0 Å². The molecule has 0 aliphatic heterocycles. The van der Waals surface area contributed by atoms with Crippen molar-refractivity contribution in [1.82, 2.24) is 0 Å². The number of rotatable bonds is 6. The van der Waals surface area contributed by atoms with Crippen LogP contribution in [0.25, 0.3) is 0 Å². The van der Waals surface area contributed by atoms with Crippen LogP contribution in [0, 0.1) is 11.8 Å².